The number of likely N-dealkylation sites (N-methyl/N-ethyl adjacent to an activating group) is 1. The van der Waals surface area contributed by atoms with Crippen LogP contribution in [0.15, 0.2) is 12.4 Å². The number of rotatable bonds is 5. The van der Waals surface area contributed by atoms with Crippen LogP contribution in [0.3, 0.4) is 0 Å². The van der Waals surface area contributed by atoms with Gasteiger partial charge in [0.2, 0.25) is 5.91 Å². The van der Waals surface area contributed by atoms with E-state index in [-0.39, 0.29) is 23.3 Å². The maximum atomic E-state index is 12.5. The number of nitrogens with zero attached hydrogens (tertiary/aromatic N) is 3. The predicted octanol–water partition coefficient (Wildman–Crippen LogP) is 0.180. The molecule has 0 aromatic carbocycles. The molecule has 0 bridgehead atoms. The molecule has 21 heavy (non-hydrogen) atoms. The molecule has 1 aliphatic rings. The minimum absolute atomic E-state index is 0.0211. The fourth-order valence-corrected chi connectivity index (χ4v) is 2.53. The molecule has 2 N–H and O–H groups in total. The predicted molar refractivity (Wildman–Crippen MR) is 83.1 cm³/mol. The third kappa shape index (κ3) is 3.63. The van der Waals surface area contributed by atoms with Crippen LogP contribution >= 0.6 is 0 Å². The summed E-state index contributed by atoms with van der Waals surface area (Å²) in [5.41, 5.74) is 1.08. The van der Waals surface area contributed by atoms with Crippen molar-refractivity contribution in [2.75, 3.05) is 33.7 Å². The molecule has 1 aromatic rings. The van der Waals surface area contributed by atoms with Crippen LogP contribution in [0.2, 0.25) is 0 Å². The first-order chi connectivity index (χ1) is 9.81. The largest absolute Gasteiger partial charge is 0.354 e. The summed E-state index contributed by atoms with van der Waals surface area (Å²) in [6, 6.07) is 0. The summed E-state index contributed by atoms with van der Waals surface area (Å²) < 4.78 is 1.79. The zero-order chi connectivity index (χ0) is 15.6. The Morgan fingerprint density at radius 2 is 2.24 bits per heavy atom. The summed E-state index contributed by atoms with van der Waals surface area (Å²) in [4.78, 5) is 14.6. The minimum Gasteiger partial charge on any atom is -0.354 e. The quantitative estimate of drug-likeness (QED) is 0.813. The zero-order valence-corrected chi connectivity index (χ0v) is 13.7. The second-order valence-corrected chi connectivity index (χ2v) is 6.74. The summed E-state index contributed by atoms with van der Waals surface area (Å²) in [6.45, 7) is 6.46. The van der Waals surface area contributed by atoms with Gasteiger partial charge in [-0.05, 0) is 33.5 Å². The first-order valence-electron chi connectivity index (χ1n) is 7.45. The summed E-state index contributed by atoms with van der Waals surface area (Å²) in [5.74, 6) is 0.317. The SMILES string of the molecule is CN(C)C(C)(C)CNC(=O)[C@H]1CNC[C@@H]1c1cnn(C)c1. The number of amides is 1. The molecule has 0 saturated carbocycles. The van der Waals surface area contributed by atoms with Gasteiger partial charge in [-0.15, -0.1) is 0 Å². The van der Waals surface area contributed by atoms with Crippen LogP contribution in [0.1, 0.15) is 25.3 Å². The highest BCUT2D eigenvalue weighted by atomic mass is 16.2. The number of nitrogens with one attached hydrogen (secondary N) is 2. The van der Waals surface area contributed by atoms with E-state index in [1.54, 1.807) is 4.68 Å². The molecule has 0 radical (unpaired) electrons. The normalized spacial score (nSPS) is 22.8. The molecule has 6 heteroatoms. The van der Waals surface area contributed by atoms with Crippen molar-refractivity contribution < 1.29 is 4.79 Å². The van der Waals surface area contributed by atoms with Crippen molar-refractivity contribution in [3.63, 3.8) is 0 Å². The van der Waals surface area contributed by atoms with Gasteiger partial charge in [0.15, 0.2) is 0 Å². The van der Waals surface area contributed by atoms with Gasteiger partial charge in [-0.1, -0.05) is 0 Å². The molecule has 1 saturated heterocycles. The van der Waals surface area contributed by atoms with E-state index in [2.05, 4.69) is 34.5 Å². The van der Waals surface area contributed by atoms with Gasteiger partial charge in [-0.3, -0.25) is 9.48 Å². The van der Waals surface area contributed by atoms with Crippen LogP contribution in [-0.2, 0) is 11.8 Å². The Balaban J connectivity index is 1.98. The van der Waals surface area contributed by atoms with Crippen LogP contribution in [0.5, 0.6) is 0 Å². The standard InChI is InChI=1S/C15H27N5O/c1-15(2,19(3)4)10-17-14(21)13-8-16-7-12(13)11-6-18-20(5)9-11/h6,9,12-13,16H,7-8,10H2,1-5H3,(H,17,21)/t12-,13+/m1/s1. The van der Waals surface area contributed by atoms with Crippen molar-refractivity contribution in [3.05, 3.63) is 18.0 Å². The molecule has 2 atom stereocenters. The topological polar surface area (TPSA) is 62.2 Å². The van der Waals surface area contributed by atoms with Crippen LogP contribution in [0, 0.1) is 5.92 Å². The van der Waals surface area contributed by atoms with Crippen molar-refractivity contribution in [2.24, 2.45) is 13.0 Å². The van der Waals surface area contributed by atoms with Crippen LogP contribution in [0.25, 0.3) is 0 Å². The molecule has 1 fully saturated rings. The fourth-order valence-electron chi connectivity index (χ4n) is 2.53. The van der Waals surface area contributed by atoms with E-state index in [4.69, 9.17) is 0 Å². The minimum atomic E-state index is -0.0501. The molecule has 1 aromatic heterocycles. The lowest BCUT2D eigenvalue weighted by atomic mass is 9.90. The van der Waals surface area contributed by atoms with Crippen molar-refractivity contribution in [1.82, 2.24) is 25.3 Å². The molecule has 1 aliphatic heterocycles. The Kier molecular flexibility index (Phi) is 4.68. The highest BCUT2D eigenvalue weighted by Crippen LogP contribution is 2.28. The van der Waals surface area contributed by atoms with E-state index in [0.717, 1.165) is 18.7 Å². The van der Waals surface area contributed by atoms with Gasteiger partial charge in [0, 0.05) is 44.3 Å². The average Bonchev–Trinajstić information content (AvgIpc) is 3.03. The van der Waals surface area contributed by atoms with Gasteiger partial charge < -0.3 is 15.5 Å². The second-order valence-electron chi connectivity index (χ2n) is 6.74. The molecule has 0 spiro atoms. The third-order valence-corrected chi connectivity index (χ3v) is 4.61. The van der Waals surface area contributed by atoms with Gasteiger partial charge in [0.05, 0.1) is 12.1 Å². The molecule has 1 amide bonds. The van der Waals surface area contributed by atoms with Gasteiger partial charge in [0.25, 0.3) is 0 Å². The molecule has 0 unspecified atom stereocenters. The Morgan fingerprint density at radius 1 is 1.52 bits per heavy atom. The van der Waals surface area contributed by atoms with E-state index < -0.39 is 0 Å². The maximum absolute atomic E-state index is 12.5. The van der Waals surface area contributed by atoms with Crippen LogP contribution in [-0.4, -0.2) is 59.9 Å². The van der Waals surface area contributed by atoms with Gasteiger partial charge >= 0.3 is 0 Å². The molecular formula is C15H27N5O. The number of hydrogen-bond acceptors (Lipinski definition) is 4. The third-order valence-electron chi connectivity index (χ3n) is 4.61. The van der Waals surface area contributed by atoms with Crippen molar-refractivity contribution in [2.45, 2.75) is 25.3 Å². The monoisotopic (exact) mass is 293 g/mol. The Bertz CT molecular complexity index is 494. The lowest BCUT2D eigenvalue weighted by Gasteiger charge is -2.33. The lowest BCUT2D eigenvalue weighted by Crippen LogP contribution is -2.49. The van der Waals surface area contributed by atoms with Crippen molar-refractivity contribution >= 4 is 5.91 Å². The lowest BCUT2D eigenvalue weighted by molar-refractivity contribution is -0.125. The highest BCUT2D eigenvalue weighted by molar-refractivity contribution is 5.80. The van der Waals surface area contributed by atoms with Gasteiger partial charge in [0.1, 0.15) is 0 Å². The van der Waals surface area contributed by atoms with Crippen LogP contribution in [0.4, 0.5) is 0 Å². The second kappa shape index (κ2) is 6.15. The number of aromatic nitrogens is 2. The van der Waals surface area contributed by atoms with E-state index in [0.29, 0.717) is 6.54 Å². The van der Waals surface area contributed by atoms with Gasteiger partial charge in [-0.25, -0.2) is 0 Å². The summed E-state index contributed by atoms with van der Waals surface area (Å²) in [7, 11) is 5.96. The fraction of sp³-hybridized carbons (Fsp3) is 0.733. The highest BCUT2D eigenvalue weighted by Gasteiger charge is 2.35. The molecule has 2 heterocycles. The number of hydrogen-bond donors (Lipinski definition) is 2. The first kappa shape index (κ1) is 16.0. The van der Waals surface area contributed by atoms with Crippen molar-refractivity contribution in [1.29, 1.82) is 0 Å². The number of aryl methyl sites for hydroxylation is 1. The van der Waals surface area contributed by atoms with E-state index in [1.165, 1.54) is 0 Å². The van der Waals surface area contributed by atoms with Crippen LogP contribution < -0.4 is 10.6 Å². The van der Waals surface area contributed by atoms with Gasteiger partial charge in [-0.2, -0.15) is 5.10 Å². The number of carbonyl (C=O) groups is 1. The molecule has 6 nitrogen and oxygen atoms in total. The Labute approximate surface area is 126 Å². The summed E-state index contributed by atoms with van der Waals surface area (Å²) in [5, 5.41) is 10.6. The molecule has 118 valence electrons. The Morgan fingerprint density at radius 3 is 2.81 bits per heavy atom. The average molecular weight is 293 g/mol. The number of carbonyl (C=O) groups excluding carboxylic acids is 1. The van der Waals surface area contributed by atoms with Crippen molar-refractivity contribution in [3.8, 4) is 0 Å². The molecule has 2 rings (SSSR count). The molecule has 0 aliphatic carbocycles. The summed E-state index contributed by atoms with van der Waals surface area (Å²) in [6.07, 6.45) is 3.86. The maximum Gasteiger partial charge on any atom is 0.225 e. The van der Waals surface area contributed by atoms with E-state index >= 15 is 0 Å². The Hall–Kier alpha value is -1.40. The van der Waals surface area contributed by atoms with E-state index in [9.17, 15) is 4.79 Å². The first-order valence-corrected chi connectivity index (χ1v) is 7.45. The summed E-state index contributed by atoms with van der Waals surface area (Å²) >= 11 is 0. The smallest absolute Gasteiger partial charge is 0.225 e. The zero-order valence-electron chi connectivity index (χ0n) is 13.7. The van der Waals surface area contributed by atoms with E-state index in [1.807, 2.05) is 33.5 Å². The molecular weight excluding hydrogens is 266 g/mol.